The number of hydrogen-bond acceptors (Lipinski definition) is 5. The van der Waals surface area contributed by atoms with Gasteiger partial charge in [0.15, 0.2) is 11.2 Å². The molecule has 0 radical (unpaired) electrons. The third kappa shape index (κ3) is 4.04. The Morgan fingerprint density at radius 3 is 2.58 bits per heavy atom. The summed E-state index contributed by atoms with van der Waals surface area (Å²) in [6.45, 7) is 2.03. The first-order valence-corrected chi connectivity index (χ1v) is 11.4. The Bertz CT molecular complexity index is 1380. The molecule has 1 aromatic carbocycles. The zero-order chi connectivity index (χ0) is 24.1. The normalized spacial score (nSPS) is 20.5. The number of anilines is 1. The van der Waals surface area contributed by atoms with Gasteiger partial charge in [-0.1, -0.05) is 36.2 Å². The van der Waals surface area contributed by atoms with Crippen LogP contribution in [0.5, 0.6) is 0 Å². The molecule has 1 aliphatic carbocycles. The number of rotatable bonds is 6. The third-order valence-corrected chi connectivity index (χ3v) is 7.44. The zero-order valence-corrected chi connectivity index (χ0v) is 20.1. The van der Waals surface area contributed by atoms with E-state index in [1.165, 1.54) is 4.57 Å². The fourth-order valence-corrected chi connectivity index (χ4v) is 4.93. The van der Waals surface area contributed by atoms with Gasteiger partial charge in [-0.05, 0) is 43.4 Å². The Labute approximate surface area is 199 Å². The number of aromatic nitrogens is 4. The van der Waals surface area contributed by atoms with Gasteiger partial charge < -0.3 is 15.0 Å². The Kier molecular flexibility index (Phi) is 6.05. The minimum atomic E-state index is -0.801. The lowest BCUT2D eigenvalue weighted by atomic mass is 9.93. The van der Waals surface area contributed by atoms with Crippen molar-refractivity contribution < 1.29 is 9.90 Å². The molecule has 0 amide bonds. The molecule has 1 aliphatic rings. The fraction of sp³-hybridized carbons (Fsp3) is 0.455. The molecule has 176 valence electrons. The van der Waals surface area contributed by atoms with Crippen LogP contribution < -0.4 is 16.6 Å². The molecule has 33 heavy (non-hydrogen) atoms. The molecule has 0 aliphatic heterocycles. The van der Waals surface area contributed by atoms with Crippen LogP contribution in [0.1, 0.15) is 38.2 Å². The van der Waals surface area contributed by atoms with Crippen LogP contribution in [-0.4, -0.2) is 35.3 Å². The summed E-state index contributed by atoms with van der Waals surface area (Å²) in [6.07, 6.45) is 2.45. The SMILES string of the molecule is CC[C@@]1(Nc2nc3c(c(=O)n(Cc4ccc(Cl)c(Cl)c4)c(=O)n3C)n2C)CC[C@H](C(=O)O)C1. The van der Waals surface area contributed by atoms with E-state index in [-0.39, 0.29) is 17.7 Å². The molecule has 3 aromatic rings. The molecule has 0 bridgehead atoms. The summed E-state index contributed by atoms with van der Waals surface area (Å²) in [5.41, 5.74) is -0.198. The second kappa shape index (κ2) is 8.53. The van der Waals surface area contributed by atoms with Gasteiger partial charge in [-0.3, -0.25) is 18.7 Å². The Morgan fingerprint density at radius 2 is 1.97 bits per heavy atom. The van der Waals surface area contributed by atoms with Crippen molar-refractivity contribution in [3.8, 4) is 0 Å². The lowest BCUT2D eigenvalue weighted by Gasteiger charge is -2.29. The van der Waals surface area contributed by atoms with Crippen LogP contribution in [0, 0.1) is 5.92 Å². The summed E-state index contributed by atoms with van der Waals surface area (Å²) in [6, 6.07) is 4.96. The molecule has 4 rings (SSSR count). The lowest BCUT2D eigenvalue weighted by Crippen LogP contribution is -2.39. The summed E-state index contributed by atoms with van der Waals surface area (Å²) in [5, 5.41) is 13.5. The molecular formula is C22H25Cl2N5O4. The largest absolute Gasteiger partial charge is 0.481 e. The minimum absolute atomic E-state index is 0.0332. The van der Waals surface area contributed by atoms with E-state index in [0.717, 1.165) is 4.57 Å². The van der Waals surface area contributed by atoms with Gasteiger partial charge in [0.1, 0.15) is 0 Å². The van der Waals surface area contributed by atoms with Crippen LogP contribution in [0.4, 0.5) is 5.95 Å². The Balaban J connectivity index is 1.77. The molecule has 1 fully saturated rings. The summed E-state index contributed by atoms with van der Waals surface area (Å²) in [5.74, 6) is -0.790. The number of nitrogens with zero attached hydrogens (tertiary/aromatic N) is 4. The van der Waals surface area contributed by atoms with Gasteiger partial charge in [0.25, 0.3) is 5.56 Å². The topological polar surface area (TPSA) is 111 Å². The first-order chi connectivity index (χ1) is 15.6. The number of imidazole rings is 1. The summed E-state index contributed by atoms with van der Waals surface area (Å²) >= 11 is 12.1. The lowest BCUT2D eigenvalue weighted by molar-refractivity contribution is -0.141. The van der Waals surface area contributed by atoms with E-state index >= 15 is 0 Å². The molecule has 2 atom stereocenters. The van der Waals surface area contributed by atoms with Crippen LogP contribution in [0.2, 0.25) is 10.0 Å². The average Bonchev–Trinajstić information content (AvgIpc) is 3.35. The molecule has 9 nitrogen and oxygen atoms in total. The second-order valence-electron chi connectivity index (χ2n) is 8.68. The highest BCUT2D eigenvalue weighted by atomic mass is 35.5. The van der Waals surface area contributed by atoms with Gasteiger partial charge >= 0.3 is 11.7 Å². The van der Waals surface area contributed by atoms with E-state index in [0.29, 0.717) is 47.2 Å². The van der Waals surface area contributed by atoms with E-state index in [9.17, 15) is 19.5 Å². The number of aryl methyl sites for hydroxylation is 2. The van der Waals surface area contributed by atoms with Crippen LogP contribution in [0.15, 0.2) is 27.8 Å². The predicted octanol–water partition coefficient (Wildman–Crippen LogP) is 3.23. The highest BCUT2D eigenvalue weighted by Crippen LogP contribution is 2.39. The first kappa shape index (κ1) is 23.4. The van der Waals surface area contributed by atoms with E-state index in [2.05, 4.69) is 10.3 Å². The number of fused-ring (bicyclic) bond motifs is 1. The van der Waals surface area contributed by atoms with Crippen LogP contribution in [-0.2, 0) is 25.4 Å². The van der Waals surface area contributed by atoms with Crippen LogP contribution in [0.3, 0.4) is 0 Å². The predicted molar refractivity (Wildman–Crippen MR) is 127 cm³/mol. The number of hydrogen-bond donors (Lipinski definition) is 2. The highest BCUT2D eigenvalue weighted by molar-refractivity contribution is 6.42. The maximum atomic E-state index is 13.3. The minimum Gasteiger partial charge on any atom is -0.481 e. The van der Waals surface area contributed by atoms with E-state index in [1.54, 1.807) is 36.9 Å². The van der Waals surface area contributed by atoms with Crippen molar-refractivity contribution in [3.63, 3.8) is 0 Å². The standard InChI is InChI=1S/C22H25Cl2N5O4/c1-4-22(8-7-13(10-22)19(31)32)26-20-25-17-16(27(20)2)18(30)29(21(33)28(17)3)11-12-5-6-14(23)15(24)9-12/h5-6,9,13H,4,7-8,10-11H2,1-3H3,(H,25,26)(H,31,32)/t13-,22+/m0/s1. The van der Waals surface area contributed by atoms with Crippen molar-refractivity contribution in [1.29, 1.82) is 0 Å². The van der Waals surface area contributed by atoms with Crippen molar-refractivity contribution in [3.05, 3.63) is 54.6 Å². The van der Waals surface area contributed by atoms with Gasteiger partial charge in [-0.25, -0.2) is 4.79 Å². The van der Waals surface area contributed by atoms with Gasteiger partial charge in [0, 0.05) is 19.6 Å². The fourth-order valence-electron chi connectivity index (χ4n) is 4.61. The monoisotopic (exact) mass is 493 g/mol. The van der Waals surface area contributed by atoms with Gasteiger partial charge in [0.05, 0.1) is 22.5 Å². The molecule has 11 heteroatoms. The molecular weight excluding hydrogens is 469 g/mol. The molecule has 0 unspecified atom stereocenters. The second-order valence-corrected chi connectivity index (χ2v) is 9.50. The maximum Gasteiger partial charge on any atom is 0.332 e. The number of carbonyl (C=O) groups is 1. The number of carboxylic acid groups (broad SMARTS) is 1. The smallest absolute Gasteiger partial charge is 0.332 e. The highest BCUT2D eigenvalue weighted by Gasteiger charge is 2.41. The number of nitrogens with one attached hydrogen (secondary N) is 1. The Morgan fingerprint density at radius 1 is 1.24 bits per heavy atom. The number of carboxylic acids is 1. The van der Waals surface area contributed by atoms with Gasteiger partial charge in [-0.15, -0.1) is 0 Å². The number of halogens is 2. The quantitative estimate of drug-likeness (QED) is 0.545. The van der Waals surface area contributed by atoms with Crippen molar-refractivity contribution in [2.75, 3.05) is 5.32 Å². The average molecular weight is 494 g/mol. The summed E-state index contributed by atoms with van der Waals surface area (Å²) in [4.78, 5) is 42.4. The molecule has 2 aromatic heterocycles. The van der Waals surface area contributed by atoms with Crippen molar-refractivity contribution in [2.45, 2.75) is 44.7 Å². The van der Waals surface area contributed by atoms with Crippen LogP contribution >= 0.6 is 23.2 Å². The molecule has 2 N–H and O–H groups in total. The Hall–Kier alpha value is -2.78. The molecule has 0 saturated heterocycles. The molecule has 1 saturated carbocycles. The summed E-state index contributed by atoms with van der Waals surface area (Å²) in [7, 11) is 3.28. The van der Waals surface area contributed by atoms with E-state index < -0.39 is 28.7 Å². The zero-order valence-electron chi connectivity index (χ0n) is 18.6. The van der Waals surface area contributed by atoms with E-state index in [1.807, 2.05) is 6.92 Å². The third-order valence-electron chi connectivity index (χ3n) is 6.70. The van der Waals surface area contributed by atoms with Crippen LogP contribution in [0.25, 0.3) is 11.2 Å². The van der Waals surface area contributed by atoms with Crippen molar-refractivity contribution in [2.24, 2.45) is 20.0 Å². The first-order valence-electron chi connectivity index (χ1n) is 10.7. The van der Waals surface area contributed by atoms with Gasteiger partial charge in [-0.2, -0.15) is 4.98 Å². The van der Waals surface area contributed by atoms with Crippen molar-refractivity contribution >= 4 is 46.3 Å². The summed E-state index contributed by atoms with van der Waals surface area (Å²) < 4.78 is 4.11. The molecule has 0 spiro atoms. The van der Waals surface area contributed by atoms with E-state index in [4.69, 9.17) is 23.2 Å². The number of aliphatic carboxylic acids is 1. The number of benzene rings is 1. The van der Waals surface area contributed by atoms with Gasteiger partial charge in [0.2, 0.25) is 5.95 Å². The van der Waals surface area contributed by atoms with Crippen molar-refractivity contribution in [1.82, 2.24) is 18.7 Å². The maximum absolute atomic E-state index is 13.3. The molecule has 2 heterocycles.